The molecule has 0 bridgehead atoms. The van der Waals surface area contributed by atoms with Crippen LogP contribution in [0, 0.1) is 6.92 Å². The molecule has 4 nitrogen and oxygen atoms in total. The predicted octanol–water partition coefficient (Wildman–Crippen LogP) is 2.81. The summed E-state index contributed by atoms with van der Waals surface area (Å²) in [7, 11) is 0. The van der Waals surface area contributed by atoms with E-state index in [1.54, 1.807) is 12.1 Å². The summed E-state index contributed by atoms with van der Waals surface area (Å²) >= 11 is 0. The summed E-state index contributed by atoms with van der Waals surface area (Å²) in [5.41, 5.74) is 3.88. The third-order valence-corrected chi connectivity index (χ3v) is 3.53. The van der Waals surface area contributed by atoms with Crippen molar-refractivity contribution < 1.29 is 9.59 Å². The number of rotatable bonds is 4. The Labute approximate surface area is 130 Å². The van der Waals surface area contributed by atoms with Crippen LogP contribution in [-0.2, 0) is 22.6 Å². The normalized spacial score (nSPS) is 10.1. The van der Waals surface area contributed by atoms with Crippen LogP contribution in [0.4, 0.5) is 5.69 Å². The van der Waals surface area contributed by atoms with Crippen LogP contribution in [0.25, 0.3) is 0 Å². The van der Waals surface area contributed by atoms with Crippen molar-refractivity contribution in [3.63, 3.8) is 0 Å². The van der Waals surface area contributed by atoms with Gasteiger partial charge in [0.25, 0.3) is 0 Å². The minimum atomic E-state index is -0.655. The number of anilines is 1. The van der Waals surface area contributed by atoms with Gasteiger partial charge in [0.1, 0.15) is 0 Å². The minimum absolute atomic E-state index is 0.341. The van der Waals surface area contributed by atoms with E-state index in [1.807, 2.05) is 43.3 Å². The number of carbonyl (C=O) groups excluding carboxylic acids is 2. The van der Waals surface area contributed by atoms with Gasteiger partial charge in [-0.2, -0.15) is 0 Å². The second kappa shape index (κ2) is 7.41. The van der Waals surface area contributed by atoms with E-state index in [0.717, 1.165) is 17.5 Å². The zero-order valence-corrected chi connectivity index (χ0v) is 12.8. The molecule has 2 rings (SSSR count). The monoisotopic (exact) mass is 296 g/mol. The van der Waals surface area contributed by atoms with Crippen LogP contribution >= 0.6 is 0 Å². The van der Waals surface area contributed by atoms with E-state index < -0.39 is 11.8 Å². The molecule has 2 N–H and O–H groups in total. The molecule has 2 amide bonds. The Morgan fingerprint density at radius 2 is 1.64 bits per heavy atom. The van der Waals surface area contributed by atoms with Gasteiger partial charge in [-0.15, -0.1) is 0 Å². The average molecular weight is 296 g/mol. The van der Waals surface area contributed by atoms with Gasteiger partial charge < -0.3 is 10.6 Å². The van der Waals surface area contributed by atoms with Crippen LogP contribution in [0.3, 0.4) is 0 Å². The summed E-state index contributed by atoms with van der Waals surface area (Å²) in [5.74, 6) is -1.29. The lowest BCUT2D eigenvalue weighted by Gasteiger charge is -2.08. The van der Waals surface area contributed by atoms with Crippen molar-refractivity contribution in [1.82, 2.24) is 5.32 Å². The van der Waals surface area contributed by atoms with Crippen LogP contribution in [0.2, 0.25) is 0 Å². The quantitative estimate of drug-likeness (QED) is 0.852. The van der Waals surface area contributed by atoms with E-state index in [4.69, 9.17) is 0 Å². The van der Waals surface area contributed by atoms with Gasteiger partial charge >= 0.3 is 11.8 Å². The Balaban J connectivity index is 1.89. The molecule has 0 heterocycles. The van der Waals surface area contributed by atoms with Crippen LogP contribution in [0.1, 0.15) is 23.6 Å². The highest BCUT2D eigenvalue weighted by Crippen LogP contribution is 2.10. The maximum absolute atomic E-state index is 11.8. The molecular weight excluding hydrogens is 276 g/mol. The highest BCUT2D eigenvalue weighted by molar-refractivity contribution is 6.39. The summed E-state index contributed by atoms with van der Waals surface area (Å²) in [6.07, 6.45) is 0.936. The average Bonchev–Trinajstić information content (AvgIpc) is 2.54. The molecule has 114 valence electrons. The molecule has 0 unspecified atom stereocenters. The molecule has 22 heavy (non-hydrogen) atoms. The Bertz CT molecular complexity index is 663. The number of hydrogen-bond acceptors (Lipinski definition) is 2. The maximum atomic E-state index is 11.8. The number of benzene rings is 2. The zero-order chi connectivity index (χ0) is 15.9. The van der Waals surface area contributed by atoms with Crippen molar-refractivity contribution >= 4 is 17.5 Å². The first-order chi connectivity index (χ1) is 10.6. The van der Waals surface area contributed by atoms with E-state index in [9.17, 15) is 9.59 Å². The molecule has 0 fully saturated rings. The summed E-state index contributed by atoms with van der Waals surface area (Å²) < 4.78 is 0. The van der Waals surface area contributed by atoms with Crippen molar-refractivity contribution in [2.75, 3.05) is 5.32 Å². The molecule has 0 radical (unpaired) electrons. The molecule has 2 aromatic carbocycles. The van der Waals surface area contributed by atoms with Gasteiger partial charge in [-0.05, 0) is 42.2 Å². The Hall–Kier alpha value is -2.62. The van der Waals surface area contributed by atoms with Crippen molar-refractivity contribution in [2.24, 2.45) is 0 Å². The molecule has 0 aromatic heterocycles. The Morgan fingerprint density at radius 1 is 0.955 bits per heavy atom. The van der Waals surface area contributed by atoms with Crippen molar-refractivity contribution in [3.8, 4) is 0 Å². The summed E-state index contributed by atoms with van der Waals surface area (Å²) in [6, 6.07) is 15.2. The molecule has 0 atom stereocenters. The lowest BCUT2D eigenvalue weighted by atomic mass is 10.1. The van der Waals surface area contributed by atoms with Gasteiger partial charge in [0.05, 0.1) is 0 Å². The Morgan fingerprint density at radius 3 is 2.27 bits per heavy atom. The van der Waals surface area contributed by atoms with E-state index in [0.29, 0.717) is 12.2 Å². The molecule has 0 spiro atoms. The van der Waals surface area contributed by atoms with Crippen molar-refractivity contribution in [2.45, 2.75) is 26.8 Å². The topological polar surface area (TPSA) is 58.2 Å². The van der Waals surface area contributed by atoms with E-state index in [-0.39, 0.29) is 0 Å². The molecule has 0 saturated carbocycles. The van der Waals surface area contributed by atoms with Gasteiger partial charge in [0, 0.05) is 12.2 Å². The number of amides is 2. The van der Waals surface area contributed by atoms with E-state index in [1.165, 1.54) is 5.56 Å². The van der Waals surface area contributed by atoms with Crippen LogP contribution in [0.15, 0.2) is 48.5 Å². The molecule has 0 aliphatic heterocycles. The van der Waals surface area contributed by atoms with Crippen molar-refractivity contribution in [1.29, 1.82) is 0 Å². The lowest BCUT2D eigenvalue weighted by Crippen LogP contribution is -2.35. The van der Waals surface area contributed by atoms with E-state index in [2.05, 4.69) is 17.6 Å². The summed E-state index contributed by atoms with van der Waals surface area (Å²) in [4.78, 5) is 23.7. The van der Waals surface area contributed by atoms with Gasteiger partial charge in [0.15, 0.2) is 0 Å². The lowest BCUT2D eigenvalue weighted by molar-refractivity contribution is -0.136. The predicted molar refractivity (Wildman–Crippen MR) is 87.5 cm³/mol. The first-order valence-corrected chi connectivity index (χ1v) is 7.32. The smallest absolute Gasteiger partial charge is 0.313 e. The largest absolute Gasteiger partial charge is 0.344 e. The van der Waals surface area contributed by atoms with Gasteiger partial charge in [-0.3, -0.25) is 9.59 Å². The second-order valence-electron chi connectivity index (χ2n) is 5.11. The SMILES string of the molecule is CCc1ccc(NC(=O)C(=O)NCc2ccccc2C)cc1. The number of carbonyl (C=O) groups is 2. The first-order valence-electron chi connectivity index (χ1n) is 7.32. The van der Waals surface area contributed by atoms with Crippen LogP contribution in [0.5, 0.6) is 0 Å². The first kappa shape index (κ1) is 15.8. The van der Waals surface area contributed by atoms with Gasteiger partial charge in [-0.25, -0.2) is 0 Å². The fourth-order valence-electron chi connectivity index (χ4n) is 2.08. The summed E-state index contributed by atoms with van der Waals surface area (Å²) in [5, 5.41) is 5.22. The zero-order valence-electron chi connectivity index (χ0n) is 12.8. The molecule has 0 saturated heterocycles. The van der Waals surface area contributed by atoms with Crippen LogP contribution in [-0.4, -0.2) is 11.8 Å². The number of aryl methyl sites for hydroxylation is 2. The van der Waals surface area contributed by atoms with Gasteiger partial charge in [-0.1, -0.05) is 43.3 Å². The minimum Gasteiger partial charge on any atom is -0.344 e. The molecular formula is C18H20N2O2. The fraction of sp³-hybridized carbons (Fsp3) is 0.222. The molecule has 0 aliphatic rings. The van der Waals surface area contributed by atoms with Crippen molar-refractivity contribution in [3.05, 3.63) is 65.2 Å². The number of nitrogens with one attached hydrogen (secondary N) is 2. The van der Waals surface area contributed by atoms with Gasteiger partial charge in [0.2, 0.25) is 0 Å². The van der Waals surface area contributed by atoms with E-state index >= 15 is 0 Å². The maximum Gasteiger partial charge on any atom is 0.313 e. The molecule has 2 aromatic rings. The van der Waals surface area contributed by atoms with Crippen LogP contribution < -0.4 is 10.6 Å². The standard InChI is InChI=1S/C18H20N2O2/c1-3-14-8-10-16(11-9-14)20-18(22)17(21)19-12-15-7-5-4-6-13(15)2/h4-11H,3,12H2,1-2H3,(H,19,21)(H,20,22). The Kier molecular flexibility index (Phi) is 5.31. The highest BCUT2D eigenvalue weighted by atomic mass is 16.2. The third-order valence-electron chi connectivity index (χ3n) is 3.53. The molecule has 0 aliphatic carbocycles. The summed E-state index contributed by atoms with van der Waals surface area (Å²) in [6.45, 7) is 4.37. The fourth-order valence-corrected chi connectivity index (χ4v) is 2.08. The molecule has 4 heteroatoms. The second-order valence-corrected chi connectivity index (χ2v) is 5.11. The highest BCUT2D eigenvalue weighted by Gasteiger charge is 2.13. The number of hydrogen-bond donors (Lipinski definition) is 2. The third kappa shape index (κ3) is 4.19.